The van der Waals surface area contributed by atoms with Crippen LogP contribution in [0.5, 0.6) is 0 Å². The highest BCUT2D eigenvalue weighted by Crippen LogP contribution is 2.21. The Balaban J connectivity index is 2.30. The van der Waals surface area contributed by atoms with Crippen LogP contribution in [0.25, 0.3) is 0 Å². The maximum atomic E-state index is 12.8. The largest absolute Gasteiger partial charge is 0.488 e. The third-order valence-electron chi connectivity index (χ3n) is 2.71. The van der Waals surface area contributed by atoms with Crippen LogP contribution in [0.4, 0.5) is 4.39 Å². The number of benzene rings is 2. The highest BCUT2D eigenvalue weighted by atomic mass is 19.1. The Morgan fingerprint density at radius 3 is 2.22 bits per heavy atom. The Labute approximate surface area is 104 Å². The maximum Gasteiger partial charge on any atom is 0.488 e. The summed E-state index contributed by atoms with van der Waals surface area (Å²) in [5, 5.41) is 28.2. The van der Waals surface area contributed by atoms with Crippen molar-refractivity contribution in [3.8, 4) is 0 Å². The lowest BCUT2D eigenvalue weighted by Gasteiger charge is -2.12. The minimum atomic E-state index is -1.58. The van der Waals surface area contributed by atoms with Gasteiger partial charge in [0.2, 0.25) is 0 Å². The summed E-state index contributed by atoms with van der Waals surface area (Å²) in [5.41, 5.74) is 1.36. The molecule has 0 fully saturated rings. The fraction of sp³-hybridized carbons (Fsp3) is 0.0769. The summed E-state index contributed by atoms with van der Waals surface area (Å²) in [6.07, 6.45) is -0.927. The van der Waals surface area contributed by atoms with Gasteiger partial charge in [-0.15, -0.1) is 0 Å². The van der Waals surface area contributed by atoms with Crippen LogP contribution >= 0.6 is 0 Å². The van der Waals surface area contributed by atoms with E-state index in [1.807, 2.05) is 0 Å². The van der Waals surface area contributed by atoms with Crippen LogP contribution in [0.3, 0.4) is 0 Å². The van der Waals surface area contributed by atoms with E-state index in [1.165, 1.54) is 30.3 Å². The van der Waals surface area contributed by atoms with E-state index in [0.29, 0.717) is 16.6 Å². The van der Waals surface area contributed by atoms with Crippen molar-refractivity contribution in [1.82, 2.24) is 0 Å². The van der Waals surface area contributed by atoms with Gasteiger partial charge in [0.25, 0.3) is 0 Å². The molecule has 92 valence electrons. The molecule has 0 spiro atoms. The van der Waals surface area contributed by atoms with Crippen molar-refractivity contribution in [2.75, 3.05) is 0 Å². The zero-order valence-electron chi connectivity index (χ0n) is 9.49. The maximum absolute atomic E-state index is 12.8. The summed E-state index contributed by atoms with van der Waals surface area (Å²) < 4.78 is 12.8. The lowest BCUT2D eigenvalue weighted by atomic mass is 9.79. The number of aliphatic hydroxyl groups is 1. The molecule has 1 atom stereocenters. The summed E-state index contributed by atoms with van der Waals surface area (Å²) in [6, 6.07) is 11.8. The van der Waals surface area contributed by atoms with Crippen molar-refractivity contribution in [2.24, 2.45) is 0 Å². The summed E-state index contributed by atoms with van der Waals surface area (Å²) in [7, 11) is -1.58. The third-order valence-corrected chi connectivity index (χ3v) is 2.71. The first-order valence-corrected chi connectivity index (χ1v) is 5.47. The minimum absolute atomic E-state index is 0.300. The van der Waals surface area contributed by atoms with Crippen LogP contribution in [0.15, 0.2) is 48.5 Å². The molecule has 2 rings (SSSR count). The van der Waals surface area contributed by atoms with Crippen molar-refractivity contribution in [3.63, 3.8) is 0 Å². The van der Waals surface area contributed by atoms with Crippen LogP contribution in [-0.2, 0) is 0 Å². The molecule has 0 saturated heterocycles. The summed E-state index contributed by atoms with van der Waals surface area (Å²) in [4.78, 5) is 0. The lowest BCUT2D eigenvalue weighted by Crippen LogP contribution is -2.30. The van der Waals surface area contributed by atoms with Gasteiger partial charge in [-0.05, 0) is 28.7 Å². The van der Waals surface area contributed by atoms with Gasteiger partial charge in [-0.3, -0.25) is 0 Å². The van der Waals surface area contributed by atoms with E-state index < -0.39 is 13.2 Å². The second kappa shape index (κ2) is 5.31. The van der Waals surface area contributed by atoms with Gasteiger partial charge in [0.15, 0.2) is 0 Å². The van der Waals surface area contributed by atoms with Crippen molar-refractivity contribution >= 4 is 12.6 Å². The highest BCUT2D eigenvalue weighted by molar-refractivity contribution is 6.58. The van der Waals surface area contributed by atoms with E-state index in [0.717, 1.165) is 0 Å². The number of hydrogen-bond donors (Lipinski definition) is 3. The quantitative estimate of drug-likeness (QED) is 0.694. The molecule has 2 aromatic rings. The molecule has 1 unspecified atom stereocenters. The molecule has 0 aliphatic carbocycles. The summed E-state index contributed by atoms with van der Waals surface area (Å²) in [6.45, 7) is 0. The monoisotopic (exact) mass is 246 g/mol. The first-order valence-electron chi connectivity index (χ1n) is 5.47. The number of halogens is 1. The normalized spacial score (nSPS) is 12.2. The van der Waals surface area contributed by atoms with E-state index in [1.54, 1.807) is 18.2 Å². The first-order chi connectivity index (χ1) is 8.58. The molecule has 0 radical (unpaired) electrons. The fourth-order valence-corrected chi connectivity index (χ4v) is 1.73. The second-order valence-corrected chi connectivity index (χ2v) is 4.00. The fourth-order valence-electron chi connectivity index (χ4n) is 1.73. The van der Waals surface area contributed by atoms with Gasteiger partial charge >= 0.3 is 7.12 Å². The van der Waals surface area contributed by atoms with E-state index in [-0.39, 0.29) is 5.82 Å². The van der Waals surface area contributed by atoms with Crippen LogP contribution in [-0.4, -0.2) is 22.3 Å². The average Bonchev–Trinajstić information content (AvgIpc) is 2.39. The molecule has 0 bridgehead atoms. The predicted octanol–water partition coefficient (Wildman–Crippen LogP) is 0.587. The molecule has 0 amide bonds. The molecule has 0 saturated carbocycles. The minimum Gasteiger partial charge on any atom is -0.423 e. The van der Waals surface area contributed by atoms with Crippen LogP contribution in [0, 0.1) is 5.82 Å². The van der Waals surface area contributed by atoms with E-state index in [2.05, 4.69) is 0 Å². The smallest absolute Gasteiger partial charge is 0.423 e. The summed E-state index contributed by atoms with van der Waals surface area (Å²) >= 11 is 0. The SMILES string of the molecule is OB(O)c1cccc(C(O)c2ccc(F)cc2)c1. The van der Waals surface area contributed by atoms with Crippen molar-refractivity contribution in [2.45, 2.75) is 6.10 Å². The van der Waals surface area contributed by atoms with Gasteiger partial charge in [-0.1, -0.05) is 36.4 Å². The van der Waals surface area contributed by atoms with Crippen molar-refractivity contribution < 1.29 is 19.5 Å². The van der Waals surface area contributed by atoms with E-state index >= 15 is 0 Å². The standard InChI is InChI=1S/C13H12BFO3/c15-12-6-4-9(5-7-12)13(16)10-2-1-3-11(8-10)14(17)18/h1-8,13,16-18H. The topological polar surface area (TPSA) is 60.7 Å². The van der Waals surface area contributed by atoms with Crippen LogP contribution in [0.2, 0.25) is 0 Å². The average molecular weight is 246 g/mol. The molecule has 3 N–H and O–H groups in total. The molecular formula is C13H12BFO3. The Bertz CT molecular complexity index is 528. The van der Waals surface area contributed by atoms with Gasteiger partial charge in [-0.2, -0.15) is 0 Å². The van der Waals surface area contributed by atoms with Gasteiger partial charge in [0, 0.05) is 0 Å². The number of aliphatic hydroxyl groups excluding tert-OH is 1. The van der Waals surface area contributed by atoms with Gasteiger partial charge < -0.3 is 15.2 Å². The third kappa shape index (κ3) is 2.76. The Kier molecular flexibility index (Phi) is 3.76. The Hall–Kier alpha value is -1.69. The van der Waals surface area contributed by atoms with E-state index in [4.69, 9.17) is 10.0 Å². The van der Waals surface area contributed by atoms with Crippen molar-refractivity contribution in [1.29, 1.82) is 0 Å². The molecular weight excluding hydrogens is 234 g/mol. The van der Waals surface area contributed by atoms with E-state index in [9.17, 15) is 9.50 Å². The van der Waals surface area contributed by atoms with Gasteiger partial charge in [-0.25, -0.2) is 4.39 Å². The van der Waals surface area contributed by atoms with Crippen LogP contribution in [0.1, 0.15) is 17.2 Å². The molecule has 0 heterocycles. The van der Waals surface area contributed by atoms with Gasteiger partial charge in [0.05, 0.1) is 0 Å². The van der Waals surface area contributed by atoms with Crippen molar-refractivity contribution in [3.05, 3.63) is 65.5 Å². The number of hydrogen-bond acceptors (Lipinski definition) is 3. The lowest BCUT2D eigenvalue weighted by molar-refractivity contribution is 0.220. The summed E-state index contributed by atoms with van der Waals surface area (Å²) in [5.74, 6) is -0.370. The van der Waals surface area contributed by atoms with Crippen LogP contribution < -0.4 is 5.46 Å². The highest BCUT2D eigenvalue weighted by Gasteiger charge is 2.15. The zero-order chi connectivity index (χ0) is 13.1. The molecule has 0 aliphatic rings. The molecule has 0 aromatic heterocycles. The molecule has 2 aromatic carbocycles. The van der Waals surface area contributed by atoms with Gasteiger partial charge in [0.1, 0.15) is 11.9 Å². The molecule has 0 aliphatic heterocycles. The molecule has 3 nitrogen and oxygen atoms in total. The first kappa shape index (κ1) is 12.8. The number of rotatable bonds is 3. The Morgan fingerprint density at radius 2 is 1.61 bits per heavy atom. The molecule has 5 heteroatoms. The predicted molar refractivity (Wildman–Crippen MR) is 66.7 cm³/mol. The second-order valence-electron chi connectivity index (χ2n) is 4.00. The molecule has 18 heavy (non-hydrogen) atoms. The Morgan fingerprint density at radius 1 is 0.944 bits per heavy atom. The zero-order valence-corrected chi connectivity index (χ0v) is 9.49.